The number of piperazine rings is 1. The lowest BCUT2D eigenvalue weighted by Gasteiger charge is -2.36. The van der Waals surface area contributed by atoms with Gasteiger partial charge in [-0.25, -0.2) is 4.39 Å². The van der Waals surface area contributed by atoms with Crippen LogP contribution in [0.15, 0.2) is 34.8 Å². The molecule has 0 saturated carbocycles. The fourth-order valence-corrected chi connectivity index (χ4v) is 5.62. The third-order valence-corrected chi connectivity index (χ3v) is 7.17. The first kappa shape index (κ1) is 23.2. The van der Waals surface area contributed by atoms with Crippen LogP contribution in [-0.2, 0) is 24.2 Å². The minimum absolute atomic E-state index is 0.0186. The Morgan fingerprint density at radius 2 is 1.91 bits per heavy atom. The lowest BCUT2D eigenvalue weighted by atomic mass is 9.87. The van der Waals surface area contributed by atoms with Crippen LogP contribution in [0.25, 0.3) is 0 Å². The minimum atomic E-state index is -0.434. The van der Waals surface area contributed by atoms with E-state index in [0.717, 1.165) is 66.8 Å². The van der Waals surface area contributed by atoms with E-state index in [1.54, 1.807) is 24.1 Å². The number of methoxy groups -OCH3 is 1. The van der Waals surface area contributed by atoms with Crippen LogP contribution in [0.1, 0.15) is 41.1 Å². The molecule has 1 N–H and O–H groups in total. The summed E-state index contributed by atoms with van der Waals surface area (Å²) in [6.07, 6.45) is 4.41. The summed E-state index contributed by atoms with van der Waals surface area (Å²) < 4.78 is 20.3. The fourth-order valence-electron chi connectivity index (χ4n) is 4.94. The van der Waals surface area contributed by atoms with Gasteiger partial charge >= 0.3 is 0 Å². The maximum absolute atomic E-state index is 13.8. The fraction of sp³-hybridized carbons (Fsp3) is 0.480. The Morgan fingerprint density at radius 1 is 1.22 bits per heavy atom. The van der Waals surface area contributed by atoms with Crippen molar-refractivity contribution >= 4 is 21.8 Å². The molecule has 172 valence electrons. The smallest absolute Gasteiger partial charge is 0.244 e. The molecule has 1 aliphatic heterocycles. The van der Waals surface area contributed by atoms with E-state index in [2.05, 4.69) is 32.2 Å². The Morgan fingerprint density at radius 3 is 2.59 bits per heavy atom. The molecular formula is C25H31BrFN3O2. The zero-order valence-electron chi connectivity index (χ0n) is 18.8. The summed E-state index contributed by atoms with van der Waals surface area (Å²) >= 11 is 3.67. The Bertz CT molecular complexity index is 961. The number of carbonyl (C=O) groups is 1. The van der Waals surface area contributed by atoms with Gasteiger partial charge < -0.3 is 15.0 Å². The summed E-state index contributed by atoms with van der Waals surface area (Å²) in [7, 11) is 3.54. The summed E-state index contributed by atoms with van der Waals surface area (Å²) in [5.74, 6) is 0.537. The monoisotopic (exact) mass is 503 g/mol. The number of aryl methyl sites for hydroxylation is 1. The van der Waals surface area contributed by atoms with Gasteiger partial charge in [-0.15, -0.1) is 0 Å². The molecule has 1 saturated heterocycles. The van der Waals surface area contributed by atoms with Gasteiger partial charge in [0, 0.05) is 45.3 Å². The maximum Gasteiger partial charge on any atom is 0.244 e. The molecule has 7 heteroatoms. The molecule has 5 nitrogen and oxygen atoms in total. The Kier molecular flexibility index (Phi) is 7.48. The number of hydrogen-bond acceptors (Lipinski definition) is 4. The number of amides is 1. The zero-order chi connectivity index (χ0) is 22.7. The zero-order valence-corrected chi connectivity index (χ0v) is 20.4. The number of rotatable bonds is 6. The molecule has 1 atom stereocenters. The Labute approximate surface area is 198 Å². The van der Waals surface area contributed by atoms with Crippen molar-refractivity contribution < 1.29 is 13.9 Å². The Balaban J connectivity index is 1.65. The van der Waals surface area contributed by atoms with Gasteiger partial charge in [-0.1, -0.05) is 12.1 Å². The average Bonchev–Trinajstić information content (AvgIpc) is 2.81. The van der Waals surface area contributed by atoms with Crippen LogP contribution < -0.4 is 10.1 Å². The molecule has 0 aromatic heterocycles. The van der Waals surface area contributed by atoms with Gasteiger partial charge in [-0.05, 0) is 76.5 Å². The van der Waals surface area contributed by atoms with Crippen molar-refractivity contribution in [2.24, 2.45) is 0 Å². The third-order valence-electron chi connectivity index (χ3n) is 6.58. The lowest BCUT2D eigenvalue weighted by Crippen LogP contribution is -2.49. The van der Waals surface area contributed by atoms with E-state index in [0.29, 0.717) is 6.54 Å². The van der Waals surface area contributed by atoms with Gasteiger partial charge in [0.25, 0.3) is 0 Å². The number of halogens is 2. The average molecular weight is 504 g/mol. The first-order valence-corrected chi connectivity index (χ1v) is 12.1. The molecule has 0 bridgehead atoms. The number of nitrogens with zero attached hydrogens (tertiary/aromatic N) is 2. The SMILES string of the molecule is COc1c(Br)cc2c(c1CN(C)C(=O)C(c1ccc(F)cc1)N1CCNCC1)CCCC2. The van der Waals surface area contributed by atoms with E-state index in [1.165, 1.54) is 29.7 Å². The number of benzene rings is 2. The van der Waals surface area contributed by atoms with Crippen LogP contribution >= 0.6 is 15.9 Å². The highest BCUT2D eigenvalue weighted by atomic mass is 79.9. The van der Waals surface area contributed by atoms with Crippen molar-refractivity contribution in [3.05, 3.63) is 62.9 Å². The summed E-state index contributed by atoms with van der Waals surface area (Å²) in [5.41, 5.74) is 4.58. The summed E-state index contributed by atoms with van der Waals surface area (Å²) in [6, 6.07) is 8.07. The quantitative estimate of drug-likeness (QED) is 0.644. The largest absolute Gasteiger partial charge is 0.495 e. The van der Waals surface area contributed by atoms with Crippen molar-refractivity contribution in [1.82, 2.24) is 15.1 Å². The normalized spacial score (nSPS) is 17.5. The number of carbonyl (C=O) groups excluding carboxylic acids is 1. The van der Waals surface area contributed by atoms with E-state index in [1.807, 2.05) is 7.05 Å². The highest BCUT2D eigenvalue weighted by Gasteiger charge is 2.32. The van der Waals surface area contributed by atoms with E-state index in [4.69, 9.17) is 4.74 Å². The van der Waals surface area contributed by atoms with Gasteiger partial charge in [0.1, 0.15) is 17.6 Å². The van der Waals surface area contributed by atoms with E-state index in [9.17, 15) is 9.18 Å². The first-order chi connectivity index (χ1) is 15.5. The first-order valence-electron chi connectivity index (χ1n) is 11.3. The molecule has 2 aromatic rings. The number of hydrogen-bond donors (Lipinski definition) is 1. The van der Waals surface area contributed by atoms with Crippen molar-refractivity contribution in [3.63, 3.8) is 0 Å². The van der Waals surface area contributed by atoms with E-state index < -0.39 is 6.04 Å². The molecule has 2 aliphatic rings. The van der Waals surface area contributed by atoms with Crippen molar-refractivity contribution in [1.29, 1.82) is 0 Å². The highest BCUT2D eigenvalue weighted by molar-refractivity contribution is 9.10. The number of fused-ring (bicyclic) bond motifs is 1. The molecule has 4 rings (SSSR count). The molecular weight excluding hydrogens is 473 g/mol. The van der Waals surface area contributed by atoms with Crippen molar-refractivity contribution in [2.45, 2.75) is 38.3 Å². The third kappa shape index (κ3) is 4.85. The molecule has 32 heavy (non-hydrogen) atoms. The second-order valence-electron chi connectivity index (χ2n) is 8.65. The van der Waals surface area contributed by atoms with Gasteiger partial charge in [0.05, 0.1) is 11.6 Å². The Hall–Kier alpha value is -1.96. The number of ether oxygens (including phenoxy) is 1. The standard InChI is InChI=1S/C25H31BrFN3O2/c1-29(16-21-20-6-4-3-5-18(20)15-22(26)24(21)32-2)25(31)23(30-13-11-28-12-14-30)17-7-9-19(27)10-8-17/h7-10,15,23,28H,3-6,11-14,16H2,1-2H3. The molecule has 1 amide bonds. The lowest BCUT2D eigenvalue weighted by molar-refractivity contribution is -0.136. The van der Waals surface area contributed by atoms with Crippen LogP contribution in [0, 0.1) is 5.82 Å². The topological polar surface area (TPSA) is 44.8 Å². The van der Waals surface area contributed by atoms with E-state index >= 15 is 0 Å². The molecule has 1 fully saturated rings. The van der Waals surface area contributed by atoms with Crippen molar-refractivity contribution in [3.8, 4) is 5.75 Å². The van der Waals surface area contributed by atoms with Gasteiger partial charge in [-0.3, -0.25) is 9.69 Å². The highest BCUT2D eigenvalue weighted by Crippen LogP contribution is 2.38. The molecule has 0 spiro atoms. The van der Waals surface area contributed by atoms with Gasteiger partial charge in [-0.2, -0.15) is 0 Å². The molecule has 0 radical (unpaired) electrons. The van der Waals surface area contributed by atoms with Gasteiger partial charge in [0.2, 0.25) is 5.91 Å². The molecule has 1 unspecified atom stereocenters. The second-order valence-corrected chi connectivity index (χ2v) is 9.50. The minimum Gasteiger partial charge on any atom is -0.495 e. The predicted molar refractivity (Wildman–Crippen MR) is 127 cm³/mol. The van der Waals surface area contributed by atoms with Crippen LogP contribution in [0.4, 0.5) is 4.39 Å². The van der Waals surface area contributed by atoms with E-state index in [-0.39, 0.29) is 11.7 Å². The van der Waals surface area contributed by atoms with Gasteiger partial charge in [0.15, 0.2) is 0 Å². The predicted octanol–water partition coefficient (Wildman–Crippen LogP) is 4.08. The summed E-state index contributed by atoms with van der Waals surface area (Å²) in [4.78, 5) is 17.8. The molecule has 1 heterocycles. The molecule has 1 aliphatic carbocycles. The molecule has 2 aromatic carbocycles. The second kappa shape index (κ2) is 10.3. The maximum atomic E-state index is 13.8. The number of nitrogens with one attached hydrogen (secondary N) is 1. The van der Waals surface area contributed by atoms with Crippen molar-refractivity contribution in [2.75, 3.05) is 40.3 Å². The van der Waals surface area contributed by atoms with Crippen LogP contribution in [0.2, 0.25) is 0 Å². The van der Waals surface area contributed by atoms with Crippen LogP contribution in [0.5, 0.6) is 5.75 Å². The summed E-state index contributed by atoms with van der Waals surface area (Å²) in [6.45, 7) is 3.70. The van der Waals surface area contributed by atoms with Crippen LogP contribution in [-0.4, -0.2) is 56.0 Å². The summed E-state index contributed by atoms with van der Waals surface area (Å²) in [5, 5.41) is 3.35. The van der Waals surface area contributed by atoms with Crippen LogP contribution in [0.3, 0.4) is 0 Å². The number of likely N-dealkylation sites (N-methyl/N-ethyl adjacent to an activating group) is 1.